The van der Waals surface area contributed by atoms with Crippen LogP contribution in [0.25, 0.3) is 0 Å². The molecule has 1 atom stereocenters. The highest BCUT2D eigenvalue weighted by molar-refractivity contribution is 5.14. The van der Waals surface area contributed by atoms with Crippen LogP contribution in [0.4, 0.5) is 13.2 Å². The summed E-state index contributed by atoms with van der Waals surface area (Å²) in [7, 11) is 1.88. The van der Waals surface area contributed by atoms with Crippen LogP contribution in [0.3, 0.4) is 0 Å². The van der Waals surface area contributed by atoms with Gasteiger partial charge < -0.3 is 5.32 Å². The molecular formula is C13H21F3N4. The smallest absolute Gasteiger partial charge is 0.312 e. The van der Waals surface area contributed by atoms with Gasteiger partial charge >= 0.3 is 6.18 Å². The zero-order valence-electron chi connectivity index (χ0n) is 11.9. The molecule has 1 aromatic rings. The molecule has 0 aromatic carbocycles. The van der Waals surface area contributed by atoms with Gasteiger partial charge in [0.15, 0.2) is 0 Å². The van der Waals surface area contributed by atoms with E-state index in [2.05, 4.69) is 10.4 Å². The van der Waals surface area contributed by atoms with Gasteiger partial charge in [0.1, 0.15) is 0 Å². The van der Waals surface area contributed by atoms with Crippen molar-refractivity contribution in [2.75, 3.05) is 26.2 Å². The summed E-state index contributed by atoms with van der Waals surface area (Å²) in [6.07, 6.45) is -1.29. The normalized spacial score (nSPS) is 20.8. The first-order chi connectivity index (χ1) is 9.33. The summed E-state index contributed by atoms with van der Waals surface area (Å²) in [4.78, 5) is 1.49. The number of hydrogen-bond acceptors (Lipinski definition) is 3. The lowest BCUT2D eigenvalue weighted by Crippen LogP contribution is -2.33. The van der Waals surface area contributed by atoms with Gasteiger partial charge in [0.05, 0.1) is 12.2 Å². The average Bonchev–Trinajstić information content (AvgIpc) is 2.84. The van der Waals surface area contributed by atoms with E-state index in [1.807, 2.05) is 20.2 Å². The highest BCUT2D eigenvalue weighted by Gasteiger charge is 2.34. The molecule has 1 aromatic heterocycles. The maximum Gasteiger partial charge on any atom is 0.401 e. The van der Waals surface area contributed by atoms with Gasteiger partial charge in [-0.3, -0.25) is 9.58 Å². The van der Waals surface area contributed by atoms with E-state index in [0.717, 1.165) is 30.8 Å². The second kappa shape index (κ2) is 6.13. The molecule has 1 fully saturated rings. The Kier molecular flexibility index (Phi) is 4.70. The lowest BCUT2D eigenvalue weighted by molar-refractivity contribution is -0.143. The van der Waals surface area contributed by atoms with E-state index in [4.69, 9.17) is 0 Å². The minimum atomic E-state index is -4.09. The van der Waals surface area contributed by atoms with E-state index in [-0.39, 0.29) is 0 Å². The molecule has 1 aliphatic heterocycles. The van der Waals surface area contributed by atoms with Gasteiger partial charge in [-0.1, -0.05) is 0 Å². The Labute approximate surface area is 116 Å². The molecule has 0 bridgehead atoms. The van der Waals surface area contributed by atoms with E-state index in [9.17, 15) is 13.2 Å². The Balaban J connectivity index is 1.70. The molecule has 0 amide bonds. The summed E-state index contributed by atoms with van der Waals surface area (Å²) in [5, 5.41) is 7.58. The molecule has 1 unspecified atom stereocenters. The molecule has 2 rings (SSSR count). The molecule has 0 spiro atoms. The molecule has 4 nitrogen and oxygen atoms in total. The second-order valence-electron chi connectivity index (χ2n) is 5.55. The average molecular weight is 290 g/mol. The summed E-state index contributed by atoms with van der Waals surface area (Å²) in [6, 6.07) is 0. The van der Waals surface area contributed by atoms with Gasteiger partial charge in [-0.2, -0.15) is 18.3 Å². The maximum absolute atomic E-state index is 12.3. The van der Waals surface area contributed by atoms with E-state index in [0.29, 0.717) is 19.0 Å². The van der Waals surface area contributed by atoms with Crippen molar-refractivity contribution < 1.29 is 13.2 Å². The number of aromatic nitrogens is 2. The van der Waals surface area contributed by atoms with Crippen LogP contribution in [0.15, 0.2) is 6.20 Å². The third kappa shape index (κ3) is 4.49. The van der Waals surface area contributed by atoms with Crippen molar-refractivity contribution in [3.63, 3.8) is 0 Å². The predicted molar refractivity (Wildman–Crippen MR) is 70.3 cm³/mol. The van der Waals surface area contributed by atoms with Crippen LogP contribution in [0.1, 0.15) is 17.7 Å². The third-order valence-corrected chi connectivity index (χ3v) is 3.64. The van der Waals surface area contributed by atoms with Crippen LogP contribution in [0.2, 0.25) is 0 Å². The number of halogens is 3. The van der Waals surface area contributed by atoms with Crippen molar-refractivity contribution >= 4 is 0 Å². The van der Waals surface area contributed by atoms with Crippen molar-refractivity contribution in [3.05, 3.63) is 17.5 Å². The molecule has 7 heteroatoms. The fraction of sp³-hybridized carbons (Fsp3) is 0.769. The summed E-state index contributed by atoms with van der Waals surface area (Å²) in [6.45, 7) is 3.71. The van der Waals surface area contributed by atoms with Gasteiger partial charge in [0.25, 0.3) is 0 Å². The first kappa shape index (κ1) is 15.3. The summed E-state index contributed by atoms with van der Waals surface area (Å²) in [5.41, 5.74) is 2.13. The Bertz CT molecular complexity index is 441. The van der Waals surface area contributed by atoms with Crippen molar-refractivity contribution in [2.45, 2.75) is 26.1 Å². The molecule has 0 saturated carbocycles. The van der Waals surface area contributed by atoms with Gasteiger partial charge in [0, 0.05) is 31.9 Å². The zero-order chi connectivity index (χ0) is 14.8. The lowest BCUT2D eigenvalue weighted by atomic mass is 10.1. The Morgan fingerprint density at radius 3 is 2.80 bits per heavy atom. The first-order valence-corrected chi connectivity index (χ1v) is 6.82. The summed E-state index contributed by atoms with van der Waals surface area (Å²) < 4.78 is 38.6. The number of aryl methyl sites for hydroxylation is 2. The molecule has 1 aliphatic rings. The topological polar surface area (TPSA) is 33.1 Å². The first-order valence-electron chi connectivity index (χ1n) is 6.82. The van der Waals surface area contributed by atoms with Crippen LogP contribution < -0.4 is 5.32 Å². The summed E-state index contributed by atoms with van der Waals surface area (Å²) in [5.74, 6) is 0.300. The van der Waals surface area contributed by atoms with Gasteiger partial charge in [-0.05, 0) is 32.4 Å². The van der Waals surface area contributed by atoms with Crippen LogP contribution in [-0.4, -0.2) is 47.0 Å². The van der Waals surface area contributed by atoms with E-state index < -0.39 is 12.7 Å². The molecule has 0 aliphatic carbocycles. The van der Waals surface area contributed by atoms with Gasteiger partial charge in [-0.25, -0.2) is 0 Å². The van der Waals surface area contributed by atoms with Gasteiger partial charge in [-0.15, -0.1) is 0 Å². The number of nitrogens with zero attached hydrogens (tertiary/aromatic N) is 3. The monoisotopic (exact) mass is 290 g/mol. The summed E-state index contributed by atoms with van der Waals surface area (Å²) >= 11 is 0. The van der Waals surface area contributed by atoms with Crippen molar-refractivity contribution in [3.8, 4) is 0 Å². The molecular weight excluding hydrogens is 269 g/mol. The van der Waals surface area contributed by atoms with Crippen molar-refractivity contribution in [1.82, 2.24) is 20.0 Å². The third-order valence-electron chi connectivity index (χ3n) is 3.64. The number of nitrogens with one attached hydrogen (secondary N) is 1. The van der Waals surface area contributed by atoms with Crippen molar-refractivity contribution in [1.29, 1.82) is 0 Å². The SMILES string of the molecule is Cc1nn(C)cc1CNCC1CCN(CC(F)(F)F)C1. The number of rotatable bonds is 5. The van der Waals surface area contributed by atoms with Gasteiger partial charge in [0.2, 0.25) is 0 Å². The predicted octanol–water partition coefficient (Wildman–Crippen LogP) is 1.70. The van der Waals surface area contributed by atoms with E-state index >= 15 is 0 Å². The van der Waals surface area contributed by atoms with Crippen LogP contribution in [0.5, 0.6) is 0 Å². The number of likely N-dealkylation sites (tertiary alicyclic amines) is 1. The minimum Gasteiger partial charge on any atom is -0.312 e. The standard InChI is InChI=1S/C13H21F3N4/c1-10-12(8-19(2)18-10)6-17-5-11-3-4-20(7-11)9-13(14,15)16/h8,11,17H,3-7,9H2,1-2H3. The molecule has 0 radical (unpaired) electrons. The highest BCUT2D eigenvalue weighted by atomic mass is 19.4. The Morgan fingerprint density at radius 2 is 2.20 bits per heavy atom. The molecule has 114 valence electrons. The minimum absolute atomic E-state index is 0.300. The van der Waals surface area contributed by atoms with E-state index in [1.165, 1.54) is 4.90 Å². The Morgan fingerprint density at radius 1 is 1.45 bits per heavy atom. The fourth-order valence-corrected chi connectivity index (χ4v) is 2.71. The Hall–Kier alpha value is -1.08. The molecule has 1 saturated heterocycles. The number of hydrogen-bond donors (Lipinski definition) is 1. The van der Waals surface area contributed by atoms with Crippen LogP contribution >= 0.6 is 0 Å². The highest BCUT2D eigenvalue weighted by Crippen LogP contribution is 2.22. The lowest BCUT2D eigenvalue weighted by Gasteiger charge is -2.18. The fourth-order valence-electron chi connectivity index (χ4n) is 2.71. The largest absolute Gasteiger partial charge is 0.401 e. The van der Waals surface area contributed by atoms with Crippen LogP contribution in [0, 0.1) is 12.8 Å². The molecule has 20 heavy (non-hydrogen) atoms. The van der Waals surface area contributed by atoms with Crippen molar-refractivity contribution in [2.24, 2.45) is 13.0 Å². The van der Waals surface area contributed by atoms with Crippen LogP contribution in [-0.2, 0) is 13.6 Å². The molecule has 1 N–H and O–H groups in total. The van der Waals surface area contributed by atoms with E-state index in [1.54, 1.807) is 4.68 Å². The second-order valence-corrected chi connectivity index (χ2v) is 5.55. The quantitative estimate of drug-likeness (QED) is 0.896. The zero-order valence-corrected chi connectivity index (χ0v) is 11.9. The number of alkyl halides is 3. The molecule has 2 heterocycles. The maximum atomic E-state index is 12.3.